The van der Waals surface area contributed by atoms with Gasteiger partial charge in [-0.05, 0) is 43.9 Å². The van der Waals surface area contributed by atoms with Gasteiger partial charge in [-0.25, -0.2) is 4.98 Å². The van der Waals surface area contributed by atoms with Crippen LogP contribution in [-0.4, -0.2) is 9.55 Å². The monoisotopic (exact) mass is 270 g/mol. The van der Waals surface area contributed by atoms with E-state index in [9.17, 15) is 0 Å². The molecule has 0 aliphatic rings. The first-order valence-electron chi connectivity index (χ1n) is 7.78. The predicted molar refractivity (Wildman–Crippen MR) is 85.6 cm³/mol. The molecule has 0 fully saturated rings. The van der Waals surface area contributed by atoms with E-state index in [1.54, 1.807) is 0 Å². The summed E-state index contributed by atoms with van der Waals surface area (Å²) >= 11 is 0. The van der Waals surface area contributed by atoms with E-state index < -0.39 is 0 Å². The summed E-state index contributed by atoms with van der Waals surface area (Å²) in [7, 11) is 0. The zero-order chi connectivity index (χ0) is 14.5. The fourth-order valence-corrected chi connectivity index (χ4v) is 2.78. The molecule has 20 heavy (non-hydrogen) atoms. The molecular weight excluding hydrogens is 244 g/mol. The standard InChI is InChI=1S/C18H26N2/c1-5-7-10-16(6-2)18-19-12-13-20(18)17-11-8-9-14(3)15(17)4/h8-9,11-13,16H,5-7,10H2,1-4H3. The molecule has 0 spiro atoms. The number of imidazole rings is 1. The zero-order valence-corrected chi connectivity index (χ0v) is 13.2. The molecule has 0 aliphatic carbocycles. The topological polar surface area (TPSA) is 17.8 Å². The summed E-state index contributed by atoms with van der Waals surface area (Å²) in [6.07, 6.45) is 8.95. The minimum atomic E-state index is 0.560. The number of hydrogen-bond acceptors (Lipinski definition) is 1. The van der Waals surface area contributed by atoms with Gasteiger partial charge in [0.1, 0.15) is 5.82 Å². The Hall–Kier alpha value is -1.57. The van der Waals surface area contributed by atoms with Gasteiger partial charge in [0.25, 0.3) is 0 Å². The van der Waals surface area contributed by atoms with Gasteiger partial charge in [-0.3, -0.25) is 0 Å². The molecule has 0 radical (unpaired) electrons. The maximum Gasteiger partial charge on any atom is 0.116 e. The van der Waals surface area contributed by atoms with Crippen molar-refractivity contribution in [2.24, 2.45) is 0 Å². The van der Waals surface area contributed by atoms with Gasteiger partial charge in [0.15, 0.2) is 0 Å². The number of unbranched alkanes of at least 4 members (excludes halogenated alkanes) is 1. The Morgan fingerprint density at radius 1 is 1.20 bits per heavy atom. The summed E-state index contributed by atoms with van der Waals surface area (Å²) in [6.45, 7) is 8.89. The summed E-state index contributed by atoms with van der Waals surface area (Å²) in [5.41, 5.74) is 3.95. The van der Waals surface area contributed by atoms with Gasteiger partial charge in [-0.15, -0.1) is 0 Å². The van der Waals surface area contributed by atoms with E-state index in [1.807, 2.05) is 6.20 Å². The van der Waals surface area contributed by atoms with Crippen LogP contribution in [0.5, 0.6) is 0 Å². The molecule has 2 rings (SSSR count). The quantitative estimate of drug-likeness (QED) is 0.707. The molecule has 1 unspecified atom stereocenters. The van der Waals surface area contributed by atoms with Crippen molar-refractivity contribution in [3.8, 4) is 5.69 Å². The predicted octanol–water partition coefficient (Wildman–Crippen LogP) is 5.17. The van der Waals surface area contributed by atoms with E-state index in [4.69, 9.17) is 0 Å². The largest absolute Gasteiger partial charge is 0.303 e. The highest BCUT2D eigenvalue weighted by molar-refractivity contribution is 5.45. The molecule has 0 bridgehead atoms. The highest BCUT2D eigenvalue weighted by Crippen LogP contribution is 2.28. The summed E-state index contributed by atoms with van der Waals surface area (Å²) in [6, 6.07) is 6.50. The average molecular weight is 270 g/mol. The molecule has 1 heterocycles. The molecule has 2 nitrogen and oxygen atoms in total. The minimum absolute atomic E-state index is 0.560. The summed E-state index contributed by atoms with van der Waals surface area (Å²) in [5.74, 6) is 1.78. The van der Waals surface area contributed by atoms with E-state index in [2.05, 4.69) is 61.6 Å². The third kappa shape index (κ3) is 2.95. The van der Waals surface area contributed by atoms with Crippen molar-refractivity contribution in [1.29, 1.82) is 0 Å². The third-order valence-corrected chi connectivity index (χ3v) is 4.27. The Kier molecular flexibility index (Phi) is 4.99. The summed E-state index contributed by atoms with van der Waals surface area (Å²) in [4.78, 5) is 4.65. The van der Waals surface area contributed by atoms with Crippen molar-refractivity contribution in [1.82, 2.24) is 9.55 Å². The molecule has 1 atom stereocenters. The molecule has 1 aromatic heterocycles. The molecule has 0 N–H and O–H groups in total. The normalized spacial score (nSPS) is 12.6. The lowest BCUT2D eigenvalue weighted by molar-refractivity contribution is 0.537. The smallest absolute Gasteiger partial charge is 0.116 e. The fraction of sp³-hybridized carbons (Fsp3) is 0.500. The van der Waals surface area contributed by atoms with E-state index in [0.29, 0.717) is 5.92 Å². The molecule has 0 aliphatic heterocycles. The Balaban J connectivity index is 2.39. The zero-order valence-electron chi connectivity index (χ0n) is 13.2. The number of nitrogens with zero attached hydrogens (tertiary/aromatic N) is 2. The number of benzene rings is 1. The van der Waals surface area contributed by atoms with Crippen LogP contribution in [0.25, 0.3) is 5.69 Å². The van der Waals surface area contributed by atoms with Crippen molar-refractivity contribution in [3.63, 3.8) is 0 Å². The number of aromatic nitrogens is 2. The van der Waals surface area contributed by atoms with Gasteiger partial charge in [0, 0.05) is 24.0 Å². The molecule has 2 aromatic rings. The first-order chi connectivity index (χ1) is 9.69. The van der Waals surface area contributed by atoms with Crippen LogP contribution in [0, 0.1) is 13.8 Å². The van der Waals surface area contributed by atoms with Crippen LogP contribution >= 0.6 is 0 Å². The Morgan fingerprint density at radius 2 is 2.00 bits per heavy atom. The SMILES string of the molecule is CCCCC(CC)c1nccn1-c1cccc(C)c1C. The lowest BCUT2D eigenvalue weighted by atomic mass is 9.98. The fourth-order valence-electron chi connectivity index (χ4n) is 2.78. The third-order valence-electron chi connectivity index (χ3n) is 4.27. The molecule has 2 heteroatoms. The highest BCUT2D eigenvalue weighted by atomic mass is 15.1. The van der Waals surface area contributed by atoms with Gasteiger partial charge in [0.2, 0.25) is 0 Å². The van der Waals surface area contributed by atoms with Crippen LogP contribution in [-0.2, 0) is 0 Å². The molecule has 0 amide bonds. The molecule has 0 saturated heterocycles. The Labute approximate surface area is 122 Å². The number of hydrogen-bond donors (Lipinski definition) is 0. The maximum atomic E-state index is 4.65. The van der Waals surface area contributed by atoms with Gasteiger partial charge < -0.3 is 4.57 Å². The summed E-state index contributed by atoms with van der Waals surface area (Å²) in [5, 5.41) is 0. The molecule has 0 saturated carbocycles. The lowest BCUT2D eigenvalue weighted by Gasteiger charge is -2.18. The first kappa shape index (κ1) is 14.8. The van der Waals surface area contributed by atoms with Gasteiger partial charge in [-0.2, -0.15) is 0 Å². The van der Waals surface area contributed by atoms with E-state index >= 15 is 0 Å². The van der Waals surface area contributed by atoms with Crippen molar-refractivity contribution in [3.05, 3.63) is 47.5 Å². The highest BCUT2D eigenvalue weighted by Gasteiger charge is 2.16. The second-order valence-corrected chi connectivity index (χ2v) is 5.62. The van der Waals surface area contributed by atoms with Gasteiger partial charge in [-0.1, -0.05) is 38.8 Å². The van der Waals surface area contributed by atoms with Crippen molar-refractivity contribution in [2.45, 2.75) is 59.3 Å². The van der Waals surface area contributed by atoms with Crippen LogP contribution in [0.15, 0.2) is 30.6 Å². The van der Waals surface area contributed by atoms with Crippen molar-refractivity contribution in [2.75, 3.05) is 0 Å². The van der Waals surface area contributed by atoms with Crippen LogP contribution in [0.4, 0.5) is 0 Å². The van der Waals surface area contributed by atoms with Crippen molar-refractivity contribution >= 4 is 0 Å². The maximum absolute atomic E-state index is 4.65. The van der Waals surface area contributed by atoms with Gasteiger partial charge >= 0.3 is 0 Å². The van der Waals surface area contributed by atoms with E-state index in [-0.39, 0.29) is 0 Å². The van der Waals surface area contributed by atoms with E-state index in [1.165, 1.54) is 41.9 Å². The first-order valence-corrected chi connectivity index (χ1v) is 7.78. The molecule has 108 valence electrons. The van der Waals surface area contributed by atoms with Crippen LogP contribution < -0.4 is 0 Å². The van der Waals surface area contributed by atoms with Crippen LogP contribution in [0.2, 0.25) is 0 Å². The van der Waals surface area contributed by atoms with Crippen LogP contribution in [0.1, 0.15) is 62.4 Å². The Morgan fingerprint density at radius 3 is 2.70 bits per heavy atom. The summed E-state index contributed by atoms with van der Waals surface area (Å²) < 4.78 is 2.28. The number of rotatable bonds is 6. The van der Waals surface area contributed by atoms with Crippen LogP contribution in [0.3, 0.4) is 0 Å². The van der Waals surface area contributed by atoms with Crippen molar-refractivity contribution < 1.29 is 0 Å². The second kappa shape index (κ2) is 6.74. The Bertz CT molecular complexity index is 554. The van der Waals surface area contributed by atoms with Gasteiger partial charge in [0.05, 0.1) is 0 Å². The average Bonchev–Trinajstić information content (AvgIpc) is 2.92. The lowest BCUT2D eigenvalue weighted by Crippen LogP contribution is -2.08. The molecular formula is C18H26N2. The second-order valence-electron chi connectivity index (χ2n) is 5.62. The number of aryl methyl sites for hydroxylation is 1. The van der Waals surface area contributed by atoms with E-state index in [0.717, 1.165) is 6.42 Å². The minimum Gasteiger partial charge on any atom is -0.303 e. The molecule has 1 aromatic carbocycles.